The van der Waals surface area contributed by atoms with Gasteiger partial charge in [-0.1, -0.05) is 28.8 Å². The predicted molar refractivity (Wildman–Crippen MR) is 103 cm³/mol. The van der Waals surface area contributed by atoms with Crippen LogP contribution in [0.1, 0.15) is 39.2 Å². The highest BCUT2D eigenvalue weighted by atomic mass is 16.5. The number of nitrogens with one attached hydrogen (secondary N) is 1. The fraction of sp³-hybridized carbons (Fsp3) is 0.500. The van der Waals surface area contributed by atoms with Crippen molar-refractivity contribution in [3.8, 4) is 5.75 Å². The summed E-state index contributed by atoms with van der Waals surface area (Å²) in [6.45, 7) is 7.68. The smallest absolute Gasteiger partial charge is 0.279 e. The Morgan fingerprint density at radius 1 is 1.07 bits per heavy atom. The first kappa shape index (κ1) is 18.7. The van der Waals surface area contributed by atoms with Crippen molar-refractivity contribution >= 4 is 17.7 Å². The number of ether oxygens (including phenoxy) is 1. The molecule has 1 saturated heterocycles. The number of fused-ring (bicyclic) bond motifs is 5. The van der Waals surface area contributed by atoms with Crippen LogP contribution in [-0.4, -0.2) is 28.8 Å². The molecule has 28 heavy (non-hydrogen) atoms. The average Bonchev–Trinajstić information content (AvgIpc) is 3.29. The Labute approximate surface area is 164 Å². The fourth-order valence-electron chi connectivity index (χ4n) is 5.18. The number of carbonyl (C=O) groups excluding carboxylic acids is 3. The topological polar surface area (TPSA) is 75.7 Å². The van der Waals surface area contributed by atoms with Crippen LogP contribution >= 0.6 is 0 Å². The molecular formula is C22H26N2O4. The van der Waals surface area contributed by atoms with Crippen LogP contribution in [-0.2, 0) is 14.4 Å². The summed E-state index contributed by atoms with van der Waals surface area (Å²) in [5.41, 5.74) is 6.11. The Morgan fingerprint density at radius 2 is 1.61 bits per heavy atom. The van der Waals surface area contributed by atoms with Gasteiger partial charge in [0.2, 0.25) is 0 Å². The Hall–Kier alpha value is -2.63. The standard InChI is InChI=1S/C22H26N2O4/c1-11(2)17-15-9-10-16(17)19-18(15)21(26)24(22(19)27)23-20(25)13(4)28-14-7-5-12(3)6-8-14/h5-8,13,15-16,18-19H,9-10H2,1-4H3,(H,23,25). The summed E-state index contributed by atoms with van der Waals surface area (Å²) in [7, 11) is 0. The molecule has 1 aromatic rings. The highest BCUT2D eigenvalue weighted by Crippen LogP contribution is 2.59. The molecule has 3 aliphatic rings. The molecular weight excluding hydrogens is 356 g/mol. The Bertz CT molecular complexity index is 837. The third kappa shape index (κ3) is 2.82. The van der Waals surface area contributed by atoms with Crippen molar-refractivity contribution in [2.75, 3.05) is 0 Å². The summed E-state index contributed by atoms with van der Waals surface area (Å²) < 4.78 is 5.64. The van der Waals surface area contributed by atoms with E-state index in [1.54, 1.807) is 19.1 Å². The van der Waals surface area contributed by atoms with Gasteiger partial charge in [0.15, 0.2) is 6.10 Å². The lowest BCUT2D eigenvalue weighted by Crippen LogP contribution is -2.51. The van der Waals surface area contributed by atoms with Crippen molar-refractivity contribution < 1.29 is 19.1 Å². The first-order valence-corrected chi connectivity index (χ1v) is 9.88. The summed E-state index contributed by atoms with van der Waals surface area (Å²) in [6.07, 6.45) is 1.06. The van der Waals surface area contributed by atoms with E-state index in [0.717, 1.165) is 23.4 Å². The van der Waals surface area contributed by atoms with Crippen LogP contribution in [0.2, 0.25) is 0 Å². The molecule has 2 saturated carbocycles. The van der Waals surface area contributed by atoms with Crippen LogP contribution < -0.4 is 10.2 Å². The molecule has 1 aromatic carbocycles. The van der Waals surface area contributed by atoms with Crippen LogP contribution in [0, 0.1) is 30.6 Å². The largest absolute Gasteiger partial charge is 0.481 e. The molecule has 2 aliphatic carbocycles. The van der Waals surface area contributed by atoms with E-state index in [0.29, 0.717) is 5.75 Å². The first-order valence-electron chi connectivity index (χ1n) is 9.88. The molecule has 6 nitrogen and oxygen atoms in total. The summed E-state index contributed by atoms with van der Waals surface area (Å²) >= 11 is 0. The zero-order valence-electron chi connectivity index (χ0n) is 16.7. The lowest BCUT2D eigenvalue weighted by atomic mass is 9.81. The van der Waals surface area contributed by atoms with Gasteiger partial charge < -0.3 is 4.74 Å². The average molecular weight is 382 g/mol. The zero-order valence-corrected chi connectivity index (χ0v) is 16.7. The van der Waals surface area contributed by atoms with Gasteiger partial charge in [0, 0.05) is 0 Å². The molecule has 0 aromatic heterocycles. The maximum atomic E-state index is 12.9. The molecule has 3 amide bonds. The number of hydrogen-bond donors (Lipinski definition) is 1. The van der Waals surface area contributed by atoms with E-state index in [-0.39, 0.29) is 35.5 Å². The number of imide groups is 1. The van der Waals surface area contributed by atoms with Crippen LogP contribution in [0.15, 0.2) is 35.4 Å². The van der Waals surface area contributed by atoms with Crippen LogP contribution in [0.25, 0.3) is 0 Å². The summed E-state index contributed by atoms with van der Waals surface area (Å²) in [6, 6.07) is 7.36. The number of nitrogens with zero attached hydrogens (tertiary/aromatic N) is 1. The lowest BCUT2D eigenvalue weighted by Gasteiger charge is -2.22. The van der Waals surface area contributed by atoms with Crippen LogP contribution in [0.3, 0.4) is 0 Å². The molecule has 1 N–H and O–H groups in total. The zero-order chi connectivity index (χ0) is 20.2. The molecule has 6 heteroatoms. The van der Waals surface area contributed by atoms with E-state index >= 15 is 0 Å². The second-order valence-electron chi connectivity index (χ2n) is 8.36. The van der Waals surface area contributed by atoms with Gasteiger partial charge in [0.05, 0.1) is 11.8 Å². The van der Waals surface area contributed by atoms with E-state index in [4.69, 9.17) is 4.74 Å². The normalized spacial score (nSPS) is 29.1. The molecule has 0 spiro atoms. The minimum Gasteiger partial charge on any atom is -0.481 e. The highest BCUT2D eigenvalue weighted by Gasteiger charge is 2.63. The monoisotopic (exact) mass is 382 g/mol. The molecule has 2 bridgehead atoms. The number of benzene rings is 1. The molecule has 0 radical (unpaired) electrons. The maximum Gasteiger partial charge on any atom is 0.279 e. The van der Waals surface area contributed by atoms with Crippen LogP contribution in [0.4, 0.5) is 0 Å². The number of amides is 3. The molecule has 5 unspecified atom stereocenters. The highest BCUT2D eigenvalue weighted by molar-refractivity contribution is 6.07. The van der Waals surface area contributed by atoms with Gasteiger partial charge in [-0.15, -0.1) is 0 Å². The molecule has 4 rings (SSSR count). The van der Waals surface area contributed by atoms with Crippen molar-refractivity contribution in [1.29, 1.82) is 0 Å². The molecule has 3 fully saturated rings. The molecule has 1 heterocycles. The minimum absolute atomic E-state index is 0.139. The van der Waals surface area contributed by atoms with Crippen LogP contribution in [0.5, 0.6) is 5.75 Å². The predicted octanol–water partition coefficient (Wildman–Crippen LogP) is 2.77. The van der Waals surface area contributed by atoms with Crippen molar-refractivity contribution in [2.45, 2.75) is 46.6 Å². The summed E-state index contributed by atoms with van der Waals surface area (Å²) in [4.78, 5) is 38.4. The van der Waals surface area contributed by atoms with Gasteiger partial charge in [-0.3, -0.25) is 19.8 Å². The van der Waals surface area contributed by atoms with Crippen molar-refractivity contribution in [2.24, 2.45) is 23.7 Å². The summed E-state index contributed by atoms with van der Waals surface area (Å²) in [5, 5.41) is 0.944. The molecule has 5 atom stereocenters. The van der Waals surface area contributed by atoms with Crippen molar-refractivity contribution in [3.63, 3.8) is 0 Å². The van der Waals surface area contributed by atoms with Gasteiger partial charge in [0.25, 0.3) is 17.7 Å². The lowest BCUT2D eigenvalue weighted by molar-refractivity contribution is -0.151. The Kier molecular flexibility index (Phi) is 4.52. The van der Waals surface area contributed by atoms with E-state index in [1.165, 1.54) is 11.1 Å². The SMILES string of the molecule is CC(C)=C1C2CCC1C1C(=O)N(NC(=O)C(C)Oc3ccc(C)cc3)C(=O)C21. The van der Waals surface area contributed by atoms with Gasteiger partial charge in [-0.25, -0.2) is 0 Å². The van der Waals surface area contributed by atoms with E-state index < -0.39 is 12.0 Å². The quantitative estimate of drug-likeness (QED) is 0.642. The first-order chi connectivity index (χ1) is 13.3. The van der Waals surface area contributed by atoms with E-state index in [2.05, 4.69) is 19.3 Å². The number of allylic oxidation sites excluding steroid dienone is 2. The summed E-state index contributed by atoms with van der Waals surface area (Å²) in [5.74, 6) is -0.880. The van der Waals surface area contributed by atoms with Crippen molar-refractivity contribution in [1.82, 2.24) is 10.4 Å². The van der Waals surface area contributed by atoms with Crippen molar-refractivity contribution in [3.05, 3.63) is 41.0 Å². The second-order valence-corrected chi connectivity index (χ2v) is 8.36. The Balaban J connectivity index is 1.46. The number of rotatable bonds is 4. The Morgan fingerprint density at radius 3 is 2.11 bits per heavy atom. The van der Waals surface area contributed by atoms with Gasteiger partial charge in [0.1, 0.15) is 5.75 Å². The number of carbonyl (C=O) groups is 3. The number of hydrazine groups is 1. The molecule has 148 valence electrons. The molecule has 1 aliphatic heterocycles. The van der Waals surface area contributed by atoms with Gasteiger partial charge in [-0.2, -0.15) is 5.01 Å². The fourth-order valence-corrected chi connectivity index (χ4v) is 5.18. The number of hydrogen-bond acceptors (Lipinski definition) is 4. The third-order valence-electron chi connectivity index (χ3n) is 6.35. The van der Waals surface area contributed by atoms with Gasteiger partial charge >= 0.3 is 0 Å². The van der Waals surface area contributed by atoms with E-state index in [9.17, 15) is 14.4 Å². The number of aryl methyl sites for hydroxylation is 1. The van der Waals surface area contributed by atoms with E-state index in [1.807, 2.05) is 19.1 Å². The maximum absolute atomic E-state index is 12.9. The third-order valence-corrected chi connectivity index (χ3v) is 6.35. The second kappa shape index (κ2) is 6.76. The minimum atomic E-state index is -0.825. The van der Waals surface area contributed by atoms with Gasteiger partial charge in [-0.05, 0) is 64.5 Å².